The van der Waals surface area contributed by atoms with E-state index < -0.39 is 0 Å². The van der Waals surface area contributed by atoms with E-state index >= 15 is 0 Å². The molecule has 0 spiro atoms. The van der Waals surface area contributed by atoms with Crippen molar-refractivity contribution in [3.05, 3.63) is 90.4 Å². The molecule has 4 aromatic rings. The van der Waals surface area contributed by atoms with Crippen LogP contribution in [0.25, 0.3) is 10.8 Å². The first kappa shape index (κ1) is 21.7. The summed E-state index contributed by atoms with van der Waals surface area (Å²) in [5.41, 5.74) is 2.02. The summed E-state index contributed by atoms with van der Waals surface area (Å²) in [7, 11) is 1.63. The summed E-state index contributed by atoms with van der Waals surface area (Å²) in [4.78, 5) is 21.8. The van der Waals surface area contributed by atoms with Gasteiger partial charge in [0.25, 0.3) is 5.91 Å². The molecule has 0 radical (unpaired) electrons. The summed E-state index contributed by atoms with van der Waals surface area (Å²) in [6.07, 6.45) is 1.64. The van der Waals surface area contributed by atoms with Crippen molar-refractivity contribution in [2.75, 3.05) is 43.5 Å². The van der Waals surface area contributed by atoms with Gasteiger partial charge in [0, 0.05) is 43.4 Å². The molecule has 5 rings (SSSR count). The first-order valence-electron chi connectivity index (χ1n) is 11.2. The van der Waals surface area contributed by atoms with E-state index in [0.29, 0.717) is 43.2 Å². The molecular formula is C27H25FN4O2. The molecule has 1 aliphatic rings. The lowest BCUT2D eigenvalue weighted by Gasteiger charge is -2.36. The number of pyridine rings is 1. The number of para-hydroxylation sites is 1. The number of carbonyl (C=O) groups is 1. The minimum Gasteiger partial charge on any atom is -0.497 e. The van der Waals surface area contributed by atoms with Crippen LogP contribution in [-0.4, -0.2) is 49.1 Å². The Hall–Kier alpha value is -4.13. The van der Waals surface area contributed by atoms with Crippen LogP contribution >= 0.6 is 0 Å². The number of nitrogens with one attached hydrogen (secondary N) is 1. The summed E-state index contributed by atoms with van der Waals surface area (Å²) in [6.45, 7) is 2.20. The highest BCUT2D eigenvalue weighted by molar-refractivity contribution is 6.09. The van der Waals surface area contributed by atoms with Gasteiger partial charge in [0.2, 0.25) is 0 Å². The van der Waals surface area contributed by atoms with Crippen LogP contribution in [-0.2, 0) is 0 Å². The van der Waals surface area contributed by atoms with E-state index in [1.165, 1.54) is 6.07 Å². The third-order valence-corrected chi connectivity index (χ3v) is 6.14. The van der Waals surface area contributed by atoms with Crippen molar-refractivity contribution in [2.24, 2.45) is 0 Å². The fourth-order valence-corrected chi connectivity index (χ4v) is 4.30. The van der Waals surface area contributed by atoms with Crippen LogP contribution in [0, 0.1) is 5.82 Å². The molecule has 0 unspecified atom stereocenters. The second-order valence-corrected chi connectivity index (χ2v) is 8.15. The van der Waals surface area contributed by atoms with Crippen LogP contribution < -0.4 is 15.0 Å². The molecule has 2 heterocycles. The van der Waals surface area contributed by atoms with Gasteiger partial charge < -0.3 is 19.9 Å². The Balaban J connectivity index is 1.36. The standard InChI is InChI=1S/C27H25FN4O2/c1-34-20-12-10-19(11-13-20)30-26-22-7-3-2-6-21(22)23(18-29-26)27(33)32-16-14-31(15-17-32)25-9-5-4-8-24(25)28/h2-13,18H,14-17H2,1H3,(H,29,30). The van der Waals surface area contributed by atoms with E-state index in [-0.39, 0.29) is 11.7 Å². The molecule has 1 saturated heterocycles. The Morgan fingerprint density at radius 1 is 0.912 bits per heavy atom. The zero-order valence-electron chi connectivity index (χ0n) is 18.9. The number of rotatable bonds is 5. The summed E-state index contributed by atoms with van der Waals surface area (Å²) in [5, 5.41) is 5.05. The first-order chi connectivity index (χ1) is 16.6. The number of aromatic nitrogens is 1. The largest absolute Gasteiger partial charge is 0.497 e. The Morgan fingerprint density at radius 3 is 2.29 bits per heavy atom. The highest BCUT2D eigenvalue weighted by Crippen LogP contribution is 2.29. The fourth-order valence-electron chi connectivity index (χ4n) is 4.30. The molecule has 1 fully saturated rings. The van der Waals surface area contributed by atoms with Crippen molar-refractivity contribution >= 4 is 33.9 Å². The number of benzene rings is 3. The highest BCUT2D eigenvalue weighted by atomic mass is 19.1. The van der Waals surface area contributed by atoms with E-state index in [9.17, 15) is 9.18 Å². The van der Waals surface area contributed by atoms with Gasteiger partial charge in [-0.1, -0.05) is 36.4 Å². The normalized spacial score (nSPS) is 13.7. The van der Waals surface area contributed by atoms with Crippen molar-refractivity contribution < 1.29 is 13.9 Å². The average Bonchev–Trinajstić information content (AvgIpc) is 2.89. The summed E-state index contributed by atoms with van der Waals surface area (Å²) >= 11 is 0. The molecule has 0 bridgehead atoms. The molecule has 0 aliphatic carbocycles. The Labute approximate surface area is 197 Å². The molecule has 3 aromatic carbocycles. The number of fused-ring (bicyclic) bond motifs is 1. The average molecular weight is 457 g/mol. The van der Waals surface area contributed by atoms with Crippen LogP contribution in [0.3, 0.4) is 0 Å². The number of hydrogen-bond donors (Lipinski definition) is 1. The van der Waals surface area contributed by atoms with E-state index in [1.54, 1.807) is 25.4 Å². The smallest absolute Gasteiger partial charge is 0.256 e. The fraction of sp³-hybridized carbons (Fsp3) is 0.185. The number of nitrogens with zero attached hydrogens (tertiary/aromatic N) is 3. The van der Waals surface area contributed by atoms with Crippen molar-refractivity contribution in [3.8, 4) is 5.75 Å². The summed E-state index contributed by atoms with van der Waals surface area (Å²) in [5.74, 6) is 1.16. The van der Waals surface area contributed by atoms with Crippen molar-refractivity contribution in [1.29, 1.82) is 0 Å². The lowest BCUT2D eigenvalue weighted by Crippen LogP contribution is -2.49. The predicted octanol–water partition coefficient (Wildman–Crippen LogP) is 5.09. The van der Waals surface area contributed by atoms with Gasteiger partial charge in [-0.25, -0.2) is 9.37 Å². The third kappa shape index (κ3) is 4.24. The molecule has 1 amide bonds. The SMILES string of the molecule is COc1ccc(Nc2ncc(C(=O)N3CCN(c4ccccc4F)CC3)c3ccccc23)cc1. The summed E-state index contributed by atoms with van der Waals surface area (Å²) in [6, 6.07) is 22.1. The zero-order chi connectivity index (χ0) is 23.5. The maximum absolute atomic E-state index is 14.2. The quantitative estimate of drug-likeness (QED) is 0.453. The maximum atomic E-state index is 14.2. The zero-order valence-corrected chi connectivity index (χ0v) is 18.9. The number of carbonyl (C=O) groups excluding carboxylic acids is 1. The molecule has 0 saturated carbocycles. The van der Waals surface area contributed by atoms with Crippen molar-refractivity contribution in [1.82, 2.24) is 9.88 Å². The van der Waals surface area contributed by atoms with Gasteiger partial charge in [-0.15, -0.1) is 0 Å². The Kier molecular flexibility index (Phi) is 5.99. The Morgan fingerprint density at radius 2 is 1.59 bits per heavy atom. The van der Waals surface area contributed by atoms with Gasteiger partial charge in [0.1, 0.15) is 17.4 Å². The van der Waals surface area contributed by atoms with Gasteiger partial charge in [-0.05, 0) is 41.8 Å². The molecule has 172 valence electrons. The van der Waals surface area contributed by atoms with Crippen molar-refractivity contribution in [2.45, 2.75) is 0 Å². The van der Waals surface area contributed by atoms with Crippen LogP contribution in [0.15, 0.2) is 79.0 Å². The number of hydrogen-bond acceptors (Lipinski definition) is 5. The topological polar surface area (TPSA) is 57.7 Å². The number of piperazine rings is 1. The molecule has 1 aromatic heterocycles. The molecule has 34 heavy (non-hydrogen) atoms. The van der Waals surface area contributed by atoms with Crippen LogP contribution in [0.4, 0.5) is 21.6 Å². The van der Waals surface area contributed by atoms with Crippen LogP contribution in [0.2, 0.25) is 0 Å². The molecule has 0 atom stereocenters. The van der Waals surface area contributed by atoms with Gasteiger partial charge in [-0.2, -0.15) is 0 Å². The van der Waals surface area contributed by atoms with Crippen LogP contribution in [0.5, 0.6) is 5.75 Å². The second kappa shape index (κ2) is 9.39. The number of halogens is 1. The monoisotopic (exact) mass is 456 g/mol. The number of anilines is 3. The number of methoxy groups -OCH3 is 1. The minimum absolute atomic E-state index is 0.0621. The van der Waals surface area contributed by atoms with Gasteiger partial charge in [0.15, 0.2) is 0 Å². The van der Waals surface area contributed by atoms with E-state index in [1.807, 2.05) is 64.4 Å². The van der Waals surface area contributed by atoms with E-state index in [2.05, 4.69) is 10.3 Å². The van der Waals surface area contributed by atoms with Crippen molar-refractivity contribution in [3.63, 3.8) is 0 Å². The lowest BCUT2D eigenvalue weighted by atomic mass is 10.1. The molecular weight excluding hydrogens is 431 g/mol. The number of ether oxygens (including phenoxy) is 1. The highest BCUT2D eigenvalue weighted by Gasteiger charge is 2.25. The van der Waals surface area contributed by atoms with E-state index in [0.717, 1.165) is 22.2 Å². The minimum atomic E-state index is -0.239. The molecule has 7 heteroatoms. The maximum Gasteiger partial charge on any atom is 0.256 e. The van der Waals surface area contributed by atoms with Crippen LogP contribution in [0.1, 0.15) is 10.4 Å². The molecule has 6 nitrogen and oxygen atoms in total. The Bertz CT molecular complexity index is 1320. The third-order valence-electron chi connectivity index (χ3n) is 6.14. The molecule has 1 aliphatic heterocycles. The summed E-state index contributed by atoms with van der Waals surface area (Å²) < 4.78 is 19.4. The first-order valence-corrected chi connectivity index (χ1v) is 11.2. The van der Waals surface area contributed by atoms with Gasteiger partial charge in [0.05, 0.1) is 18.4 Å². The van der Waals surface area contributed by atoms with Gasteiger partial charge >= 0.3 is 0 Å². The lowest BCUT2D eigenvalue weighted by molar-refractivity contribution is 0.0748. The van der Waals surface area contributed by atoms with Gasteiger partial charge in [-0.3, -0.25) is 4.79 Å². The second-order valence-electron chi connectivity index (χ2n) is 8.15. The predicted molar refractivity (Wildman–Crippen MR) is 133 cm³/mol. The number of amides is 1. The molecule has 1 N–H and O–H groups in total. The van der Waals surface area contributed by atoms with E-state index in [4.69, 9.17) is 4.74 Å².